The van der Waals surface area contributed by atoms with Gasteiger partial charge in [-0.05, 0) is 13.0 Å². The van der Waals surface area contributed by atoms with Gasteiger partial charge >= 0.3 is 12.8 Å². The molecule has 12 heteroatoms. The molecule has 0 unspecified atom stereocenters. The number of rotatable bonds is 6. The lowest BCUT2D eigenvalue weighted by atomic mass is 10.2. The van der Waals surface area contributed by atoms with Gasteiger partial charge in [0.05, 0.1) is 11.9 Å². The van der Waals surface area contributed by atoms with Gasteiger partial charge in [-0.15, -0.1) is 10.2 Å². The molecule has 3 aromatic heterocycles. The van der Waals surface area contributed by atoms with Crippen LogP contribution in [0, 0.1) is 0 Å². The van der Waals surface area contributed by atoms with Gasteiger partial charge in [0.15, 0.2) is 17.6 Å². The molecule has 0 saturated carbocycles. The molecule has 0 aliphatic heterocycles. The molecule has 27 heavy (non-hydrogen) atoms. The summed E-state index contributed by atoms with van der Waals surface area (Å²) in [6.07, 6.45) is -2.37. The third kappa shape index (κ3) is 4.45. The number of nitrogens with zero attached hydrogens (tertiary/aromatic N) is 5. The quantitative estimate of drug-likeness (QED) is 0.603. The fourth-order valence-corrected chi connectivity index (χ4v) is 2.08. The Morgan fingerprint density at radius 1 is 1.11 bits per heavy atom. The fraction of sp³-hybridized carbons (Fsp3) is 0.333. The first-order valence-electron chi connectivity index (χ1n) is 7.53. The first-order chi connectivity index (χ1) is 12.7. The average molecular weight is 389 g/mol. The molecule has 0 amide bonds. The van der Waals surface area contributed by atoms with Crippen molar-refractivity contribution in [2.45, 2.75) is 32.4 Å². The second kappa shape index (κ2) is 7.39. The van der Waals surface area contributed by atoms with Crippen molar-refractivity contribution in [1.82, 2.24) is 24.6 Å². The number of hydrogen-bond acceptors (Lipinski definition) is 6. The van der Waals surface area contributed by atoms with Crippen molar-refractivity contribution in [3.8, 4) is 17.1 Å². The average Bonchev–Trinajstić information content (AvgIpc) is 3.02. The maximum Gasteiger partial charge on any atom is 0.425 e. The molecule has 0 aromatic carbocycles. The summed E-state index contributed by atoms with van der Waals surface area (Å²) < 4.78 is 72.3. The lowest BCUT2D eigenvalue weighted by Gasteiger charge is -2.16. The molecule has 0 bridgehead atoms. The van der Waals surface area contributed by atoms with Gasteiger partial charge < -0.3 is 9.47 Å². The molecule has 3 rings (SSSR count). The third-order valence-corrected chi connectivity index (χ3v) is 3.49. The van der Waals surface area contributed by atoms with Crippen LogP contribution >= 0.6 is 0 Å². The van der Waals surface area contributed by atoms with E-state index < -0.39 is 25.5 Å². The minimum atomic E-state index is -4.50. The van der Waals surface area contributed by atoms with E-state index in [2.05, 4.69) is 24.9 Å². The minimum absolute atomic E-state index is 0.140. The second-order valence-corrected chi connectivity index (χ2v) is 5.38. The van der Waals surface area contributed by atoms with E-state index in [-0.39, 0.29) is 11.7 Å². The van der Waals surface area contributed by atoms with Gasteiger partial charge in [0, 0.05) is 24.0 Å². The van der Waals surface area contributed by atoms with Crippen molar-refractivity contribution < 1.29 is 31.4 Å². The number of aromatic nitrogens is 5. The van der Waals surface area contributed by atoms with Crippen molar-refractivity contribution >= 4 is 5.65 Å². The van der Waals surface area contributed by atoms with E-state index in [0.717, 1.165) is 6.92 Å². The van der Waals surface area contributed by atoms with Gasteiger partial charge in [-0.1, -0.05) is 0 Å². The molecular formula is C15H12F5N5O2. The summed E-state index contributed by atoms with van der Waals surface area (Å²) in [4.78, 5) is 7.97. The maximum absolute atomic E-state index is 12.5. The molecule has 0 aliphatic carbocycles. The highest BCUT2D eigenvalue weighted by atomic mass is 19.4. The van der Waals surface area contributed by atoms with Crippen LogP contribution in [0.3, 0.4) is 0 Å². The normalized spacial score (nSPS) is 13.3. The molecule has 0 N–H and O–H groups in total. The first kappa shape index (κ1) is 18.9. The van der Waals surface area contributed by atoms with Crippen LogP contribution in [0.5, 0.6) is 5.88 Å². The number of pyridine rings is 1. The van der Waals surface area contributed by atoms with Crippen LogP contribution in [0.15, 0.2) is 30.7 Å². The predicted octanol–water partition coefficient (Wildman–Crippen LogP) is 3.26. The van der Waals surface area contributed by atoms with E-state index in [1.54, 1.807) is 0 Å². The number of ether oxygens (including phenoxy) is 2. The summed E-state index contributed by atoms with van der Waals surface area (Å²) in [5.74, 6) is -0.0548. The van der Waals surface area contributed by atoms with Crippen molar-refractivity contribution in [2.24, 2.45) is 0 Å². The molecule has 0 radical (unpaired) electrons. The van der Waals surface area contributed by atoms with E-state index in [0.29, 0.717) is 16.9 Å². The molecule has 0 spiro atoms. The van der Waals surface area contributed by atoms with Crippen LogP contribution in [0.2, 0.25) is 0 Å². The Labute approximate surface area is 148 Å². The van der Waals surface area contributed by atoms with Gasteiger partial charge in [-0.2, -0.15) is 22.0 Å². The van der Waals surface area contributed by atoms with Crippen molar-refractivity contribution in [3.63, 3.8) is 0 Å². The number of alkyl halides is 5. The largest absolute Gasteiger partial charge is 0.465 e. The first-order valence-corrected chi connectivity index (χ1v) is 7.53. The summed E-state index contributed by atoms with van der Waals surface area (Å²) in [6.45, 7) is -2.53. The predicted molar refractivity (Wildman–Crippen MR) is 81.0 cm³/mol. The van der Waals surface area contributed by atoms with Crippen LogP contribution in [0.1, 0.15) is 12.7 Å². The fourth-order valence-electron chi connectivity index (χ4n) is 2.08. The molecule has 0 aliphatic rings. The minimum Gasteiger partial charge on any atom is -0.465 e. The van der Waals surface area contributed by atoms with Crippen LogP contribution < -0.4 is 4.74 Å². The van der Waals surface area contributed by atoms with Crippen LogP contribution in [0.4, 0.5) is 22.0 Å². The van der Waals surface area contributed by atoms with Crippen LogP contribution in [0.25, 0.3) is 16.9 Å². The van der Waals surface area contributed by atoms with Crippen molar-refractivity contribution in [1.29, 1.82) is 0 Å². The van der Waals surface area contributed by atoms with Crippen molar-refractivity contribution in [2.75, 3.05) is 0 Å². The summed E-state index contributed by atoms with van der Waals surface area (Å²) in [6, 6.07) is 2.75. The van der Waals surface area contributed by atoms with Gasteiger partial charge in [0.25, 0.3) is 0 Å². The lowest BCUT2D eigenvalue weighted by Crippen LogP contribution is -2.31. The summed E-state index contributed by atoms with van der Waals surface area (Å²) in [5, 5.41) is 7.53. The molecule has 3 aromatic rings. The highest BCUT2D eigenvalue weighted by molar-refractivity contribution is 5.58. The van der Waals surface area contributed by atoms with E-state index >= 15 is 0 Å². The lowest BCUT2D eigenvalue weighted by molar-refractivity contribution is -0.189. The van der Waals surface area contributed by atoms with Gasteiger partial charge in [-0.25, -0.2) is 4.98 Å². The molecular weight excluding hydrogens is 377 g/mol. The van der Waals surface area contributed by atoms with Crippen molar-refractivity contribution in [3.05, 3.63) is 36.5 Å². The summed E-state index contributed by atoms with van der Waals surface area (Å²) >= 11 is 0. The highest BCUT2D eigenvalue weighted by Gasteiger charge is 2.38. The van der Waals surface area contributed by atoms with E-state index in [9.17, 15) is 22.0 Å². The Kier molecular flexibility index (Phi) is 5.17. The van der Waals surface area contributed by atoms with Crippen LogP contribution in [-0.4, -0.2) is 43.5 Å². The monoisotopic (exact) mass is 389 g/mol. The van der Waals surface area contributed by atoms with Gasteiger partial charge in [0.2, 0.25) is 5.88 Å². The number of fused-ring (bicyclic) bond motifs is 1. The highest BCUT2D eigenvalue weighted by Crippen LogP contribution is 2.25. The zero-order valence-electron chi connectivity index (χ0n) is 13.7. The third-order valence-electron chi connectivity index (χ3n) is 3.49. The zero-order chi connectivity index (χ0) is 19.6. The molecule has 0 saturated heterocycles. The van der Waals surface area contributed by atoms with E-state index in [1.165, 1.54) is 35.1 Å². The molecule has 3 heterocycles. The summed E-state index contributed by atoms with van der Waals surface area (Å²) in [7, 11) is 0. The van der Waals surface area contributed by atoms with E-state index in [4.69, 9.17) is 4.74 Å². The maximum atomic E-state index is 12.5. The number of hydrogen-bond donors (Lipinski definition) is 0. The smallest absolute Gasteiger partial charge is 0.425 e. The topological polar surface area (TPSA) is 74.4 Å². The molecule has 7 nitrogen and oxygen atoms in total. The SMILES string of the molecule is C[C@@H](Oc1ccc(-c2cn3c(COC(F)F)nnc3cn2)cn1)C(F)(F)F. The molecule has 0 fully saturated rings. The second-order valence-electron chi connectivity index (χ2n) is 5.38. The zero-order valence-corrected chi connectivity index (χ0v) is 13.7. The number of halogens is 5. The molecule has 1 atom stereocenters. The Balaban J connectivity index is 1.81. The van der Waals surface area contributed by atoms with Gasteiger partial charge in [-0.3, -0.25) is 9.38 Å². The molecule has 144 valence electrons. The Hall–Kier alpha value is -2.89. The Morgan fingerprint density at radius 2 is 1.89 bits per heavy atom. The van der Waals surface area contributed by atoms with Crippen LogP contribution in [-0.2, 0) is 11.3 Å². The Bertz CT molecular complexity index is 913. The van der Waals surface area contributed by atoms with E-state index in [1.807, 2.05) is 0 Å². The standard InChI is InChI=1S/C15H12F5N5O2/c1-8(15(18,19)20)27-13-3-2-9(4-22-13)10-6-25-11(5-21-10)23-24-12(25)7-26-14(16)17/h2-6,8,14H,7H2,1H3/t8-/m1/s1. The summed E-state index contributed by atoms with van der Waals surface area (Å²) in [5.41, 5.74) is 1.17. The Morgan fingerprint density at radius 3 is 2.52 bits per heavy atom. The van der Waals surface area contributed by atoms with Gasteiger partial charge in [0.1, 0.15) is 6.61 Å².